The van der Waals surface area contributed by atoms with Gasteiger partial charge in [0, 0.05) is 33.5 Å². The van der Waals surface area contributed by atoms with Crippen LogP contribution in [0.1, 0.15) is 0 Å². The molecule has 0 N–H and O–H groups in total. The molecule has 1 heterocycles. The van der Waals surface area contributed by atoms with Crippen LogP contribution in [-0.4, -0.2) is 4.57 Å². The van der Waals surface area contributed by atoms with Gasteiger partial charge in [-0.05, 0) is 104 Å². The molecule has 0 atom stereocenters. The molecule has 1 aromatic heterocycles. The first-order chi connectivity index (χ1) is 24.8. The lowest BCUT2D eigenvalue weighted by molar-refractivity contribution is 1.19. The molecule has 0 aliphatic rings. The summed E-state index contributed by atoms with van der Waals surface area (Å²) in [6.07, 6.45) is 0. The standard InChI is InChI=1S/C48H32N2/c1-2-10-33(11-3-1)35-18-24-40(25-19-35)49(41-26-20-34-12-4-5-14-37(34)30-41)42-27-21-39-32-43(28-22-38(39)31-42)50-46-17-9-8-16-45(46)48-44-15-7-6-13-36(44)23-29-47(48)50/h1-32H. The Morgan fingerprint density at radius 3 is 1.66 bits per heavy atom. The third kappa shape index (κ3) is 4.65. The zero-order chi connectivity index (χ0) is 33.0. The quantitative estimate of drug-likeness (QED) is 0.182. The summed E-state index contributed by atoms with van der Waals surface area (Å²) >= 11 is 0. The fraction of sp³-hybridized carbons (Fsp3) is 0. The van der Waals surface area contributed by atoms with Gasteiger partial charge in [0.1, 0.15) is 0 Å². The highest BCUT2D eigenvalue weighted by Gasteiger charge is 2.17. The van der Waals surface area contributed by atoms with E-state index in [0.29, 0.717) is 0 Å². The van der Waals surface area contributed by atoms with Gasteiger partial charge in [-0.2, -0.15) is 0 Å². The second-order valence-electron chi connectivity index (χ2n) is 13.0. The topological polar surface area (TPSA) is 8.17 Å². The van der Waals surface area contributed by atoms with E-state index in [0.717, 1.165) is 22.7 Å². The van der Waals surface area contributed by atoms with Crippen LogP contribution in [-0.2, 0) is 0 Å². The molecular formula is C48H32N2. The number of benzene rings is 9. The van der Waals surface area contributed by atoms with Crippen LogP contribution >= 0.6 is 0 Å². The van der Waals surface area contributed by atoms with Crippen LogP contribution in [0.15, 0.2) is 194 Å². The number of fused-ring (bicyclic) bond motifs is 7. The molecule has 0 aliphatic carbocycles. The van der Waals surface area contributed by atoms with Gasteiger partial charge in [0.05, 0.1) is 11.0 Å². The lowest BCUT2D eigenvalue weighted by Crippen LogP contribution is -2.10. The summed E-state index contributed by atoms with van der Waals surface area (Å²) in [6.45, 7) is 0. The van der Waals surface area contributed by atoms with Crippen LogP contribution in [0, 0.1) is 0 Å². The first-order valence-corrected chi connectivity index (χ1v) is 17.2. The minimum atomic E-state index is 1.12. The second-order valence-corrected chi connectivity index (χ2v) is 13.0. The van der Waals surface area contributed by atoms with E-state index in [1.54, 1.807) is 0 Å². The van der Waals surface area contributed by atoms with Crippen molar-refractivity contribution in [3.05, 3.63) is 194 Å². The molecule has 0 fully saturated rings. The Balaban J connectivity index is 1.11. The van der Waals surface area contributed by atoms with Crippen LogP contribution in [0.5, 0.6) is 0 Å². The van der Waals surface area contributed by atoms with Gasteiger partial charge < -0.3 is 9.47 Å². The SMILES string of the molecule is c1ccc(-c2ccc(N(c3ccc4ccccc4c3)c3ccc4cc(-n5c6ccccc6c6c7ccccc7ccc65)ccc4c3)cc2)cc1. The minimum Gasteiger partial charge on any atom is -0.310 e. The predicted molar refractivity (Wildman–Crippen MR) is 213 cm³/mol. The Hall–Kier alpha value is -6.64. The van der Waals surface area contributed by atoms with Crippen LogP contribution in [0.25, 0.3) is 70.9 Å². The van der Waals surface area contributed by atoms with Gasteiger partial charge >= 0.3 is 0 Å². The molecule has 0 radical (unpaired) electrons. The molecule has 0 aliphatic heterocycles. The van der Waals surface area contributed by atoms with Gasteiger partial charge in [-0.25, -0.2) is 0 Å². The molecule has 10 rings (SSSR count). The van der Waals surface area contributed by atoms with E-state index in [-0.39, 0.29) is 0 Å². The number of aromatic nitrogens is 1. The Labute approximate surface area is 290 Å². The second kappa shape index (κ2) is 11.5. The first kappa shape index (κ1) is 28.4. The van der Waals surface area contributed by atoms with Crippen molar-refractivity contribution in [1.82, 2.24) is 4.57 Å². The van der Waals surface area contributed by atoms with Crippen LogP contribution in [0.3, 0.4) is 0 Å². The molecular weight excluding hydrogens is 605 g/mol. The van der Waals surface area contributed by atoms with E-state index >= 15 is 0 Å². The third-order valence-electron chi connectivity index (χ3n) is 10.1. The van der Waals surface area contributed by atoms with Gasteiger partial charge in [0.15, 0.2) is 0 Å². The van der Waals surface area contributed by atoms with E-state index in [1.807, 2.05) is 0 Å². The maximum Gasteiger partial charge on any atom is 0.0547 e. The molecule has 234 valence electrons. The number of hydrogen-bond donors (Lipinski definition) is 0. The molecule has 10 aromatic rings. The van der Waals surface area contributed by atoms with E-state index in [1.165, 1.54) is 65.3 Å². The fourth-order valence-electron chi connectivity index (χ4n) is 7.71. The predicted octanol–water partition coefficient (Wildman–Crippen LogP) is 13.4. The lowest BCUT2D eigenvalue weighted by atomic mass is 10.0. The molecule has 2 nitrogen and oxygen atoms in total. The molecule has 0 saturated carbocycles. The zero-order valence-electron chi connectivity index (χ0n) is 27.4. The largest absolute Gasteiger partial charge is 0.310 e. The normalized spacial score (nSPS) is 11.6. The van der Waals surface area contributed by atoms with Crippen molar-refractivity contribution in [1.29, 1.82) is 0 Å². The van der Waals surface area contributed by atoms with Crippen molar-refractivity contribution in [2.45, 2.75) is 0 Å². The number of nitrogens with zero attached hydrogens (tertiary/aromatic N) is 2. The fourth-order valence-corrected chi connectivity index (χ4v) is 7.71. The monoisotopic (exact) mass is 636 g/mol. The maximum absolute atomic E-state index is 2.42. The van der Waals surface area contributed by atoms with Crippen molar-refractivity contribution in [2.75, 3.05) is 4.90 Å². The van der Waals surface area contributed by atoms with Gasteiger partial charge in [-0.1, -0.05) is 133 Å². The van der Waals surface area contributed by atoms with E-state index in [4.69, 9.17) is 0 Å². The number of rotatable bonds is 5. The molecule has 9 aromatic carbocycles. The van der Waals surface area contributed by atoms with Crippen LogP contribution < -0.4 is 4.90 Å². The molecule has 2 heteroatoms. The van der Waals surface area contributed by atoms with E-state index < -0.39 is 0 Å². The number of para-hydroxylation sites is 1. The highest BCUT2D eigenvalue weighted by Crippen LogP contribution is 2.40. The van der Waals surface area contributed by atoms with Crippen molar-refractivity contribution < 1.29 is 0 Å². The van der Waals surface area contributed by atoms with Crippen LogP contribution in [0.2, 0.25) is 0 Å². The van der Waals surface area contributed by atoms with E-state index in [9.17, 15) is 0 Å². The summed E-state index contributed by atoms with van der Waals surface area (Å²) in [5, 5.41) is 9.99. The average Bonchev–Trinajstić information content (AvgIpc) is 3.53. The van der Waals surface area contributed by atoms with Crippen molar-refractivity contribution in [2.24, 2.45) is 0 Å². The minimum absolute atomic E-state index is 1.12. The summed E-state index contributed by atoms with van der Waals surface area (Å²) in [4.78, 5) is 2.37. The summed E-state index contributed by atoms with van der Waals surface area (Å²) < 4.78 is 2.42. The molecule has 50 heavy (non-hydrogen) atoms. The molecule has 0 saturated heterocycles. The molecule has 0 bridgehead atoms. The zero-order valence-corrected chi connectivity index (χ0v) is 27.4. The lowest BCUT2D eigenvalue weighted by Gasteiger charge is -2.26. The highest BCUT2D eigenvalue weighted by atomic mass is 15.1. The first-order valence-electron chi connectivity index (χ1n) is 17.2. The summed E-state index contributed by atoms with van der Waals surface area (Å²) in [6, 6.07) is 70.5. The van der Waals surface area contributed by atoms with Gasteiger partial charge in [0.25, 0.3) is 0 Å². The Morgan fingerprint density at radius 1 is 0.320 bits per heavy atom. The average molecular weight is 637 g/mol. The number of anilines is 3. The smallest absolute Gasteiger partial charge is 0.0547 e. The van der Waals surface area contributed by atoms with E-state index in [2.05, 4.69) is 204 Å². The van der Waals surface area contributed by atoms with Gasteiger partial charge in [0.2, 0.25) is 0 Å². The molecule has 0 unspecified atom stereocenters. The summed E-state index contributed by atoms with van der Waals surface area (Å²) in [7, 11) is 0. The highest BCUT2D eigenvalue weighted by molar-refractivity contribution is 6.21. The summed E-state index contributed by atoms with van der Waals surface area (Å²) in [5.41, 5.74) is 9.40. The van der Waals surface area contributed by atoms with Crippen molar-refractivity contribution >= 4 is 71.2 Å². The maximum atomic E-state index is 2.42. The van der Waals surface area contributed by atoms with Crippen molar-refractivity contribution in [3.8, 4) is 16.8 Å². The van der Waals surface area contributed by atoms with Gasteiger partial charge in [-0.3, -0.25) is 0 Å². The summed E-state index contributed by atoms with van der Waals surface area (Å²) in [5.74, 6) is 0. The van der Waals surface area contributed by atoms with Crippen molar-refractivity contribution in [3.63, 3.8) is 0 Å². The Kier molecular flexibility index (Phi) is 6.53. The Morgan fingerprint density at radius 2 is 0.860 bits per heavy atom. The number of hydrogen-bond acceptors (Lipinski definition) is 1. The van der Waals surface area contributed by atoms with Crippen LogP contribution in [0.4, 0.5) is 17.1 Å². The van der Waals surface area contributed by atoms with Gasteiger partial charge in [-0.15, -0.1) is 0 Å². The molecule has 0 spiro atoms. The third-order valence-corrected chi connectivity index (χ3v) is 10.1. The molecule has 0 amide bonds. The Bertz CT molecular complexity index is 2860.